The molecule has 1 aromatic carbocycles. The first-order valence-electron chi connectivity index (χ1n) is 7.25. The van der Waals surface area contributed by atoms with Crippen LogP contribution in [0.3, 0.4) is 0 Å². The molecule has 0 saturated carbocycles. The number of carbonyl (C=O) groups is 1. The van der Waals surface area contributed by atoms with E-state index in [1.165, 1.54) is 5.56 Å². The van der Waals surface area contributed by atoms with E-state index in [0.29, 0.717) is 13.2 Å². The molecule has 4 nitrogen and oxygen atoms in total. The first-order chi connectivity index (χ1) is 9.56. The molecule has 1 N–H and O–H groups in total. The number of hydrogen-bond acceptors (Lipinski definition) is 3. The van der Waals surface area contributed by atoms with Gasteiger partial charge in [0, 0.05) is 19.6 Å². The molecular formula is C16H24N2O2. The van der Waals surface area contributed by atoms with Crippen molar-refractivity contribution < 1.29 is 9.53 Å². The maximum Gasteiger partial charge on any atom is 0.237 e. The number of hydrogen-bond donors (Lipinski definition) is 1. The maximum absolute atomic E-state index is 12.2. The predicted octanol–water partition coefficient (Wildman–Crippen LogP) is 1.72. The zero-order valence-electron chi connectivity index (χ0n) is 12.6. The van der Waals surface area contributed by atoms with Crippen molar-refractivity contribution in [2.45, 2.75) is 39.5 Å². The minimum Gasteiger partial charge on any atom is -0.376 e. The predicted molar refractivity (Wildman–Crippen MR) is 79.5 cm³/mol. The number of aryl methyl sites for hydroxylation is 1. The van der Waals surface area contributed by atoms with Crippen LogP contribution in [-0.4, -0.2) is 42.6 Å². The Hall–Kier alpha value is -1.39. The molecule has 0 bridgehead atoms. The van der Waals surface area contributed by atoms with E-state index in [9.17, 15) is 4.79 Å². The van der Waals surface area contributed by atoms with E-state index in [-0.39, 0.29) is 18.1 Å². The Labute approximate surface area is 121 Å². The quantitative estimate of drug-likeness (QED) is 0.910. The van der Waals surface area contributed by atoms with Crippen molar-refractivity contribution in [2.24, 2.45) is 0 Å². The van der Waals surface area contributed by atoms with Gasteiger partial charge >= 0.3 is 0 Å². The third-order valence-corrected chi connectivity index (χ3v) is 3.79. The molecular weight excluding hydrogens is 252 g/mol. The van der Waals surface area contributed by atoms with E-state index >= 15 is 0 Å². The summed E-state index contributed by atoms with van der Waals surface area (Å²) in [5.74, 6) is 0.0830. The summed E-state index contributed by atoms with van der Waals surface area (Å²) < 4.78 is 5.51. The van der Waals surface area contributed by atoms with Gasteiger partial charge < -0.3 is 10.1 Å². The van der Waals surface area contributed by atoms with Crippen molar-refractivity contribution in [3.63, 3.8) is 0 Å². The molecule has 1 amide bonds. The molecule has 110 valence electrons. The van der Waals surface area contributed by atoms with Crippen LogP contribution in [0.1, 0.15) is 25.0 Å². The van der Waals surface area contributed by atoms with Crippen LogP contribution in [0, 0.1) is 6.92 Å². The molecule has 2 rings (SSSR count). The summed E-state index contributed by atoms with van der Waals surface area (Å²) in [5, 5.41) is 3.01. The molecule has 1 aromatic rings. The summed E-state index contributed by atoms with van der Waals surface area (Å²) in [7, 11) is 0. The number of nitrogens with zero attached hydrogens (tertiary/aromatic N) is 1. The first-order valence-corrected chi connectivity index (χ1v) is 7.25. The SMILES string of the molecule is Cc1ccc(CNC(=O)C(C)N2CCOC(C)C2)cc1. The Morgan fingerprint density at radius 2 is 2.15 bits per heavy atom. The second kappa shape index (κ2) is 6.86. The highest BCUT2D eigenvalue weighted by molar-refractivity contribution is 5.81. The van der Waals surface area contributed by atoms with E-state index in [1.54, 1.807) is 0 Å². The Morgan fingerprint density at radius 1 is 1.45 bits per heavy atom. The van der Waals surface area contributed by atoms with Crippen LogP contribution in [0.5, 0.6) is 0 Å². The van der Waals surface area contributed by atoms with Crippen molar-refractivity contribution in [3.8, 4) is 0 Å². The second-order valence-electron chi connectivity index (χ2n) is 5.56. The standard InChI is InChI=1S/C16H24N2O2/c1-12-4-6-15(7-5-12)10-17-16(19)14(3)18-8-9-20-13(2)11-18/h4-7,13-14H,8-11H2,1-3H3,(H,17,19). The van der Waals surface area contributed by atoms with E-state index in [2.05, 4.69) is 41.4 Å². The van der Waals surface area contributed by atoms with Crippen LogP contribution < -0.4 is 5.32 Å². The van der Waals surface area contributed by atoms with Gasteiger partial charge in [0.15, 0.2) is 0 Å². The number of benzene rings is 1. The molecule has 1 fully saturated rings. The summed E-state index contributed by atoms with van der Waals surface area (Å²) in [4.78, 5) is 14.4. The topological polar surface area (TPSA) is 41.6 Å². The molecule has 1 aliphatic heterocycles. The number of nitrogens with one attached hydrogen (secondary N) is 1. The fourth-order valence-electron chi connectivity index (χ4n) is 2.41. The van der Waals surface area contributed by atoms with E-state index in [1.807, 2.05) is 13.8 Å². The Balaban J connectivity index is 1.83. The largest absolute Gasteiger partial charge is 0.376 e. The lowest BCUT2D eigenvalue weighted by atomic mass is 10.1. The van der Waals surface area contributed by atoms with Crippen LogP contribution in [0.25, 0.3) is 0 Å². The Kier molecular flexibility index (Phi) is 5.15. The number of ether oxygens (including phenoxy) is 1. The highest BCUT2D eigenvalue weighted by atomic mass is 16.5. The van der Waals surface area contributed by atoms with Crippen molar-refractivity contribution in [3.05, 3.63) is 35.4 Å². The van der Waals surface area contributed by atoms with Gasteiger partial charge in [-0.25, -0.2) is 0 Å². The fourth-order valence-corrected chi connectivity index (χ4v) is 2.41. The Morgan fingerprint density at radius 3 is 2.80 bits per heavy atom. The summed E-state index contributed by atoms with van der Waals surface area (Å²) in [5.41, 5.74) is 2.36. The number of amides is 1. The molecule has 20 heavy (non-hydrogen) atoms. The van der Waals surface area contributed by atoms with Gasteiger partial charge in [-0.1, -0.05) is 29.8 Å². The summed E-state index contributed by atoms with van der Waals surface area (Å²) in [6.45, 7) is 9.00. The fraction of sp³-hybridized carbons (Fsp3) is 0.562. The van der Waals surface area contributed by atoms with Gasteiger partial charge in [-0.15, -0.1) is 0 Å². The van der Waals surface area contributed by atoms with Gasteiger partial charge in [-0.2, -0.15) is 0 Å². The molecule has 0 aliphatic carbocycles. The zero-order valence-corrected chi connectivity index (χ0v) is 12.6. The molecule has 2 atom stereocenters. The van der Waals surface area contributed by atoms with Crippen molar-refractivity contribution in [2.75, 3.05) is 19.7 Å². The van der Waals surface area contributed by atoms with E-state index in [4.69, 9.17) is 4.74 Å². The number of rotatable bonds is 4. The third-order valence-electron chi connectivity index (χ3n) is 3.79. The number of morpholine rings is 1. The van der Waals surface area contributed by atoms with Crippen LogP contribution in [-0.2, 0) is 16.1 Å². The van der Waals surface area contributed by atoms with Crippen LogP contribution in [0.2, 0.25) is 0 Å². The van der Waals surface area contributed by atoms with Gasteiger partial charge in [0.1, 0.15) is 0 Å². The normalized spacial score (nSPS) is 21.4. The molecule has 2 unspecified atom stereocenters. The maximum atomic E-state index is 12.2. The smallest absolute Gasteiger partial charge is 0.237 e. The molecule has 1 aliphatic rings. The first kappa shape index (κ1) is 15.0. The van der Waals surface area contributed by atoms with E-state index in [0.717, 1.165) is 18.7 Å². The van der Waals surface area contributed by atoms with Crippen LogP contribution in [0.15, 0.2) is 24.3 Å². The minimum absolute atomic E-state index is 0.0830. The summed E-state index contributed by atoms with van der Waals surface area (Å²) in [6, 6.07) is 8.13. The molecule has 0 radical (unpaired) electrons. The van der Waals surface area contributed by atoms with Gasteiger partial charge in [0.2, 0.25) is 5.91 Å². The van der Waals surface area contributed by atoms with Gasteiger partial charge in [0.25, 0.3) is 0 Å². The van der Waals surface area contributed by atoms with Crippen LogP contribution in [0.4, 0.5) is 0 Å². The lowest BCUT2D eigenvalue weighted by Crippen LogP contribution is -2.51. The molecule has 0 spiro atoms. The monoisotopic (exact) mass is 276 g/mol. The van der Waals surface area contributed by atoms with Gasteiger partial charge in [-0.3, -0.25) is 9.69 Å². The molecule has 1 heterocycles. The molecule has 1 saturated heterocycles. The molecule has 0 aromatic heterocycles. The van der Waals surface area contributed by atoms with Crippen LogP contribution >= 0.6 is 0 Å². The highest BCUT2D eigenvalue weighted by Crippen LogP contribution is 2.09. The average Bonchev–Trinajstić information content (AvgIpc) is 2.45. The van der Waals surface area contributed by atoms with Gasteiger partial charge in [-0.05, 0) is 26.3 Å². The van der Waals surface area contributed by atoms with Gasteiger partial charge in [0.05, 0.1) is 18.8 Å². The second-order valence-corrected chi connectivity index (χ2v) is 5.56. The lowest BCUT2D eigenvalue weighted by molar-refractivity contribution is -0.129. The average molecular weight is 276 g/mol. The van der Waals surface area contributed by atoms with Crippen molar-refractivity contribution >= 4 is 5.91 Å². The summed E-state index contributed by atoms with van der Waals surface area (Å²) in [6.07, 6.45) is 0.205. The summed E-state index contributed by atoms with van der Waals surface area (Å²) >= 11 is 0. The zero-order chi connectivity index (χ0) is 14.5. The number of carbonyl (C=O) groups excluding carboxylic acids is 1. The van der Waals surface area contributed by atoms with Crippen molar-refractivity contribution in [1.29, 1.82) is 0 Å². The lowest BCUT2D eigenvalue weighted by Gasteiger charge is -2.34. The van der Waals surface area contributed by atoms with Crippen molar-refractivity contribution in [1.82, 2.24) is 10.2 Å². The molecule has 4 heteroatoms. The highest BCUT2D eigenvalue weighted by Gasteiger charge is 2.25. The Bertz CT molecular complexity index is 444. The third kappa shape index (κ3) is 4.05. The van der Waals surface area contributed by atoms with E-state index < -0.39 is 0 Å². The minimum atomic E-state index is -0.105.